The Morgan fingerprint density at radius 2 is 1.32 bits per heavy atom. The first-order valence-electron chi connectivity index (χ1n) is 15.3. The topological polar surface area (TPSA) is 42.0 Å². The van der Waals surface area contributed by atoms with Crippen LogP contribution in [0.25, 0.3) is 0 Å². The number of hydrogen-bond donors (Lipinski definition) is 0. The maximum absolute atomic E-state index is 13.2. The Morgan fingerprint density at radius 3 is 1.95 bits per heavy atom. The molecular formula is C39H38N2O3. The zero-order valence-electron chi connectivity index (χ0n) is 25.6. The summed E-state index contributed by atoms with van der Waals surface area (Å²) in [5.41, 5.74) is 8.13. The van der Waals surface area contributed by atoms with E-state index in [9.17, 15) is 4.79 Å². The Bertz CT molecular complexity index is 1690. The molecule has 5 heteroatoms. The highest BCUT2D eigenvalue weighted by molar-refractivity contribution is 5.92. The first-order valence-corrected chi connectivity index (χ1v) is 15.3. The molecule has 0 saturated carbocycles. The Morgan fingerprint density at radius 1 is 0.682 bits per heavy atom. The van der Waals surface area contributed by atoms with Gasteiger partial charge in [-0.2, -0.15) is 0 Å². The van der Waals surface area contributed by atoms with Crippen LogP contribution in [0, 0.1) is 0 Å². The molecule has 0 aliphatic carbocycles. The molecule has 44 heavy (non-hydrogen) atoms. The number of anilines is 2. The lowest BCUT2D eigenvalue weighted by atomic mass is 9.79. The van der Waals surface area contributed by atoms with E-state index < -0.39 is 0 Å². The van der Waals surface area contributed by atoms with Gasteiger partial charge in [0.05, 0.1) is 12.7 Å². The molecule has 1 heterocycles. The Balaban J connectivity index is 1.56. The van der Waals surface area contributed by atoms with E-state index in [0.717, 1.165) is 52.7 Å². The summed E-state index contributed by atoms with van der Waals surface area (Å²) in [5, 5.41) is 0. The van der Waals surface area contributed by atoms with Gasteiger partial charge in [0.1, 0.15) is 11.5 Å². The third-order valence-corrected chi connectivity index (χ3v) is 8.44. The van der Waals surface area contributed by atoms with Crippen LogP contribution in [0.4, 0.5) is 11.4 Å². The molecule has 5 aromatic carbocycles. The lowest BCUT2D eigenvalue weighted by Crippen LogP contribution is -2.26. The summed E-state index contributed by atoms with van der Waals surface area (Å²) in [6.45, 7) is 7.55. The number of carbonyl (C=O) groups excluding carboxylic acids is 1. The molecule has 0 spiro atoms. The van der Waals surface area contributed by atoms with Gasteiger partial charge < -0.3 is 19.3 Å². The highest BCUT2D eigenvalue weighted by Crippen LogP contribution is 2.52. The number of benzene rings is 5. The van der Waals surface area contributed by atoms with Crippen molar-refractivity contribution in [2.75, 3.05) is 30.0 Å². The van der Waals surface area contributed by atoms with Crippen LogP contribution in [0.3, 0.4) is 0 Å². The lowest BCUT2D eigenvalue weighted by molar-refractivity contribution is 0.0599. The summed E-state index contributed by atoms with van der Waals surface area (Å²) < 4.78 is 12.0. The predicted molar refractivity (Wildman–Crippen MR) is 178 cm³/mol. The fourth-order valence-corrected chi connectivity index (χ4v) is 6.30. The second kappa shape index (κ2) is 13.1. The molecule has 0 aromatic heterocycles. The third-order valence-electron chi connectivity index (χ3n) is 8.44. The number of ether oxygens (including phenoxy) is 2. The molecule has 0 fully saturated rings. The quantitative estimate of drug-likeness (QED) is 0.151. The SMILES string of the molecule is CCN(CC)c1ccc2c(c1)Oc1cccc(N(Cc3ccccc3)Cc3ccccc3)c1C2c1ccccc1C(=O)OC. The molecule has 1 atom stereocenters. The van der Waals surface area contributed by atoms with Gasteiger partial charge in [0.2, 0.25) is 0 Å². The molecular weight excluding hydrogens is 544 g/mol. The van der Waals surface area contributed by atoms with Crippen molar-refractivity contribution in [3.63, 3.8) is 0 Å². The molecule has 222 valence electrons. The fraction of sp³-hybridized carbons (Fsp3) is 0.205. The summed E-state index contributed by atoms with van der Waals surface area (Å²) in [5.74, 6) is 1.00. The van der Waals surface area contributed by atoms with Gasteiger partial charge in [-0.1, -0.05) is 91.0 Å². The highest BCUT2D eigenvalue weighted by Gasteiger charge is 2.35. The molecule has 1 unspecified atom stereocenters. The average molecular weight is 583 g/mol. The van der Waals surface area contributed by atoms with Crippen LogP contribution in [0.5, 0.6) is 11.5 Å². The normalized spacial score (nSPS) is 13.3. The number of fused-ring (bicyclic) bond motifs is 2. The lowest BCUT2D eigenvalue weighted by Gasteiger charge is -2.36. The van der Waals surface area contributed by atoms with Crippen LogP contribution in [-0.4, -0.2) is 26.2 Å². The Hall–Kier alpha value is -5.03. The van der Waals surface area contributed by atoms with E-state index in [-0.39, 0.29) is 11.9 Å². The summed E-state index contributed by atoms with van der Waals surface area (Å²) >= 11 is 0. The van der Waals surface area contributed by atoms with Crippen LogP contribution >= 0.6 is 0 Å². The zero-order valence-corrected chi connectivity index (χ0v) is 25.6. The van der Waals surface area contributed by atoms with Crippen molar-refractivity contribution >= 4 is 17.3 Å². The summed E-state index contributed by atoms with van der Waals surface area (Å²) in [4.78, 5) is 17.9. The van der Waals surface area contributed by atoms with Crippen LogP contribution < -0.4 is 14.5 Å². The van der Waals surface area contributed by atoms with Crippen molar-refractivity contribution in [2.24, 2.45) is 0 Å². The molecule has 0 N–H and O–H groups in total. The van der Waals surface area contributed by atoms with E-state index >= 15 is 0 Å². The molecule has 0 bridgehead atoms. The second-order valence-electron chi connectivity index (χ2n) is 11.0. The summed E-state index contributed by atoms with van der Waals surface area (Å²) in [7, 11) is 1.44. The smallest absolute Gasteiger partial charge is 0.338 e. The monoisotopic (exact) mass is 582 g/mol. The molecule has 5 aromatic rings. The first-order chi connectivity index (χ1) is 21.6. The van der Waals surface area contributed by atoms with Gasteiger partial charge in [0.25, 0.3) is 0 Å². The van der Waals surface area contributed by atoms with Gasteiger partial charge in [0, 0.05) is 60.7 Å². The van der Waals surface area contributed by atoms with Crippen LogP contribution in [-0.2, 0) is 17.8 Å². The average Bonchev–Trinajstić information content (AvgIpc) is 3.07. The number of esters is 1. The van der Waals surface area contributed by atoms with E-state index in [1.54, 1.807) is 0 Å². The Labute approximate surface area is 260 Å². The number of rotatable bonds is 10. The van der Waals surface area contributed by atoms with Gasteiger partial charge in [-0.3, -0.25) is 0 Å². The van der Waals surface area contributed by atoms with Gasteiger partial charge in [-0.05, 0) is 54.8 Å². The molecule has 6 rings (SSSR count). The number of carbonyl (C=O) groups is 1. The summed E-state index contributed by atoms with van der Waals surface area (Å²) in [6, 6.07) is 41.6. The van der Waals surface area contributed by atoms with Crippen LogP contribution in [0.1, 0.15) is 57.9 Å². The van der Waals surface area contributed by atoms with Gasteiger partial charge in [-0.15, -0.1) is 0 Å². The fourth-order valence-electron chi connectivity index (χ4n) is 6.30. The molecule has 1 aliphatic rings. The molecule has 0 radical (unpaired) electrons. The van der Waals surface area contributed by atoms with Crippen LogP contribution in [0.15, 0.2) is 121 Å². The third kappa shape index (κ3) is 5.78. The van der Waals surface area contributed by atoms with E-state index in [1.807, 2.05) is 42.5 Å². The van der Waals surface area contributed by atoms with Crippen molar-refractivity contribution in [2.45, 2.75) is 32.9 Å². The minimum Gasteiger partial charge on any atom is -0.465 e. The van der Waals surface area contributed by atoms with E-state index in [4.69, 9.17) is 9.47 Å². The van der Waals surface area contributed by atoms with Crippen molar-refractivity contribution in [1.29, 1.82) is 0 Å². The maximum Gasteiger partial charge on any atom is 0.338 e. The number of hydrogen-bond acceptors (Lipinski definition) is 5. The van der Waals surface area contributed by atoms with Gasteiger partial charge in [0.15, 0.2) is 0 Å². The zero-order chi connectivity index (χ0) is 30.5. The largest absolute Gasteiger partial charge is 0.465 e. The number of nitrogens with zero attached hydrogens (tertiary/aromatic N) is 2. The minimum atomic E-state index is -0.349. The van der Waals surface area contributed by atoms with Gasteiger partial charge in [-0.25, -0.2) is 4.79 Å². The number of methoxy groups -OCH3 is 1. The maximum atomic E-state index is 13.2. The minimum absolute atomic E-state index is 0.250. The van der Waals surface area contributed by atoms with E-state index in [2.05, 4.69) is 103 Å². The molecule has 1 aliphatic heterocycles. The van der Waals surface area contributed by atoms with Crippen molar-refractivity contribution in [1.82, 2.24) is 0 Å². The first kappa shape index (κ1) is 29.1. The molecule has 0 amide bonds. The highest BCUT2D eigenvalue weighted by atomic mass is 16.5. The Kier molecular flexibility index (Phi) is 8.64. The second-order valence-corrected chi connectivity index (χ2v) is 11.0. The predicted octanol–water partition coefficient (Wildman–Crippen LogP) is 8.81. The van der Waals surface area contributed by atoms with Crippen LogP contribution in [0.2, 0.25) is 0 Å². The van der Waals surface area contributed by atoms with E-state index in [0.29, 0.717) is 18.7 Å². The summed E-state index contributed by atoms with van der Waals surface area (Å²) in [6.07, 6.45) is 0. The van der Waals surface area contributed by atoms with E-state index in [1.165, 1.54) is 18.2 Å². The van der Waals surface area contributed by atoms with Crippen molar-refractivity contribution < 1.29 is 14.3 Å². The molecule has 0 saturated heterocycles. The standard InChI is InChI=1S/C39H38N2O3/c1-4-40(5-2)30-23-24-33-36(25-30)44-35-22-14-21-34(38(35)37(33)31-19-12-13-20-32(31)39(42)43-3)41(26-28-15-8-6-9-16-28)27-29-17-10-7-11-18-29/h6-25,37H,4-5,26-27H2,1-3H3. The molecule has 5 nitrogen and oxygen atoms in total. The van der Waals surface area contributed by atoms with Crippen molar-refractivity contribution in [3.05, 3.63) is 155 Å². The van der Waals surface area contributed by atoms with Gasteiger partial charge >= 0.3 is 5.97 Å². The van der Waals surface area contributed by atoms with Crippen molar-refractivity contribution in [3.8, 4) is 11.5 Å².